The number of hydrogen-bond donors (Lipinski definition) is 1. The largest absolute Gasteiger partial charge is 0.416 e. The van der Waals surface area contributed by atoms with Gasteiger partial charge >= 0.3 is 6.18 Å². The van der Waals surface area contributed by atoms with Gasteiger partial charge in [0.2, 0.25) is 0 Å². The van der Waals surface area contributed by atoms with E-state index in [-0.39, 0.29) is 12.6 Å². The summed E-state index contributed by atoms with van der Waals surface area (Å²) in [5.41, 5.74) is -0.213. The Balaban J connectivity index is 2.27. The molecule has 1 unspecified atom stereocenters. The summed E-state index contributed by atoms with van der Waals surface area (Å²) in [6.07, 6.45) is -4.35. The summed E-state index contributed by atoms with van der Waals surface area (Å²) in [7, 11) is 0. The fourth-order valence-corrected chi connectivity index (χ4v) is 2.01. The van der Waals surface area contributed by atoms with E-state index in [0.717, 1.165) is 12.1 Å². The Morgan fingerprint density at radius 3 is 2.83 bits per heavy atom. The molecule has 100 valence electrons. The van der Waals surface area contributed by atoms with E-state index >= 15 is 0 Å². The number of nitrogens with zero attached hydrogens (tertiary/aromatic N) is 1. The molecule has 0 aliphatic carbocycles. The van der Waals surface area contributed by atoms with E-state index in [4.69, 9.17) is 4.74 Å². The molecule has 2 rings (SSSR count). The summed E-state index contributed by atoms with van der Waals surface area (Å²) in [4.78, 5) is 1.75. The van der Waals surface area contributed by atoms with Crippen molar-refractivity contribution in [2.75, 3.05) is 31.3 Å². The fourth-order valence-electron chi connectivity index (χ4n) is 2.01. The summed E-state index contributed by atoms with van der Waals surface area (Å²) in [6, 6.07) is 4.85. The Bertz CT molecular complexity index is 409. The topological polar surface area (TPSA) is 32.7 Å². The van der Waals surface area contributed by atoms with Crippen LogP contribution in [0.3, 0.4) is 0 Å². The van der Waals surface area contributed by atoms with Crippen LogP contribution < -0.4 is 4.90 Å². The maximum atomic E-state index is 12.6. The van der Waals surface area contributed by atoms with Gasteiger partial charge in [-0.25, -0.2) is 0 Å². The van der Waals surface area contributed by atoms with Gasteiger partial charge in [0.15, 0.2) is 0 Å². The van der Waals surface area contributed by atoms with Gasteiger partial charge in [-0.15, -0.1) is 0 Å². The molecule has 3 nitrogen and oxygen atoms in total. The first-order valence-electron chi connectivity index (χ1n) is 5.65. The minimum atomic E-state index is -4.35. The third-order valence-electron chi connectivity index (χ3n) is 2.94. The second-order valence-electron chi connectivity index (χ2n) is 4.15. The van der Waals surface area contributed by atoms with Crippen molar-refractivity contribution in [2.45, 2.75) is 12.2 Å². The standard InChI is InChI=1S/C12H14F3NO2/c13-12(14,15)9-2-1-3-10(6-9)16-4-5-18-8-11(16)7-17/h1-3,6,11,17H,4-5,7-8H2. The third kappa shape index (κ3) is 2.76. The molecule has 0 aromatic heterocycles. The van der Waals surface area contributed by atoms with Gasteiger partial charge < -0.3 is 14.7 Å². The van der Waals surface area contributed by atoms with E-state index in [2.05, 4.69) is 0 Å². The molecule has 1 aromatic carbocycles. The lowest BCUT2D eigenvalue weighted by Crippen LogP contribution is -2.47. The molecule has 6 heteroatoms. The van der Waals surface area contributed by atoms with Gasteiger partial charge in [0, 0.05) is 12.2 Å². The van der Waals surface area contributed by atoms with Crippen LogP contribution in [-0.2, 0) is 10.9 Å². The number of aliphatic hydroxyl groups is 1. The average molecular weight is 261 g/mol. The highest BCUT2D eigenvalue weighted by Crippen LogP contribution is 2.32. The maximum absolute atomic E-state index is 12.6. The smallest absolute Gasteiger partial charge is 0.394 e. The van der Waals surface area contributed by atoms with Crippen LogP contribution in [0, 0.1) is 0 Å². The summed E-state index contributed by atoms with van der Waals surface area (Å²) in [5, 5.41) is 9.21. The molecule has 0 amide bonds. The van der Waals surface area contributed by atoms with E-state index in [0.29, 0.717) is 25.4 Å². The zero-order valence-electron chi connectivity index (χ0n) is 9.65. The number of aliphatic hydroxyl groups excluding tert-OH is 1. The molecule has 1 saturated heterocycles. The van der Waals surface area contributed by atoms with Crippen molar-refractivity contribution in [3.05, 3.63) is 29.8 Å². The summed E-state index contributed by atoms with van der Waals surface area (Å²) < 4.78 is 43.1. The molecule has 1 aliphatic rings. The minimum absolute atomic E-state index is 0.143. The van der Waals surface area contributed by atoms with Crippen molar-refractivity contribution in [3.8, 4) is 0 Å². The molecule has 1 aliphatic heterocycles. The first kappa shape index (κ1) is 13.2. The van der Waals surface area contributed by atoms with Gasteiger partial charge in [0.05, 0.1) is 31.4 Å². The summed E-state index contributed by atoms with van der Waals surface area (Å²) in [5.74, 6) is 0. The number of hydrogen-bond acceptors (Lipinski definition) is 3. The molecular weight excluding hydrogens is 247 g/mol. The van der Waals surface area contributed by atoms with Crippen molar-refractivity contribution in [2.24, 2.45) is 0 Å². The zero-order valence-corrected chi connectivity index (χ0v) is 9.65. The van der Waals surface area contributed by atoms with Crippen molar-refractivity contribution in [1.29, 1.82) is 0 Å². The van der Waals surface area contributed by atoms with E-state index in [1.54, 1.807) is 11.0 Å². The van der Waals surface area contributed by atoms with Crippen molar-refractivity contribution < 1.29 is 23.0 Å². The van der Waals surface area contributed by atoms with E-state index in [1.807, 2.05) is 0 Å². The average Bonchev–Trinajstić information content (AvgIpc) is 2.38. The number of morpholine rings is 1. The minimum Gasteiger partial charge on any atom is -0.394 e. The summed E-state index contributed by atoms with van der Waals surface area (Å²) in [6.45, 7) is 1.11. The number of rotatable bonds is 2. The lowest BCUT2D eigenvalue weighted by atomic mass is 10.1. The quantitative estimate of drug-likeness (QED) is 0.882. The number of ether oxygens (including phenoxy) is 1. The van der Waals surface area contributed by atoms with Crippen molar-refractivity contribution >= 4 is 5.69 Å². The van der Waals surface area contributed by atoms with Gasteiger partial charge in [-0.1, -0.05) is 6.07 Å². The molecule has 18 heavy (non-hydrogen) atoms. The van der Waals surface area contributed by atoms with Crippen LogP contribution in [0.15, 0.2) is 24.3 Å². The molecule has 1 N–H and O–H groups in total. The molecule has 0 radical (unpaired) electrons. The van der Waals surface area contributed by atoms with Crippen LogP contribution >= 0.6 is 0 Å². The molecule has 1 fully saturated rings. The number of halogens is 3. The second kappa shape index (κ2) is 5.16. The van der Waals surface area contributed by atoms with Crippen LogP contribution in [0.2, 0.25) is 0 Å². The Morgan fingerprint density at radius 1 is 1.39 bits per heavy atom. The molecule has 1 heterocycles. The molecule has 0 spiro atoms. The van der Waals surface area contributed by atoms with E-state index < -0.39 is 11.7 Å². The van der Waals surface area contributed by atoms with Gasteiger partial charge in [0.25, 0.3) is 0 Å². The van der Waals surface area contributed by atoms with Gasteiger partial charge in [0.1, 0.15) is 0 Å². The van der Waals surface area contributed by atoms with E-state index in [9.17, 15) is 18.3 Å². The Kier molecular flexibility index (Phi) is 3.77. The van der Waals surface area contributed by atoms with E-state index in [1.165, 1.54) is 6.07 Å². The van der Waals surface area contributed by atoms with Crippen LogP contribution in [0.5, 0.6) is 0 Å². The van der Waals surface area contributed by atoms with Gasteiger partial charge in [-0.05, 0) is 18.2 Å². The number of anilines is 1. The maximum Gasteiger partial charge on any atom is 0.416 e. The van der Waals surface area contributed by atoms with Crippen LogP contribution in [0.1, 0.15) is 5.56 Å². The second-order valence-corrected chi connectivity index (χ2v) is 4.15. The van der Waals surface area contributed by atoms with Gasteiger partial charge in [-0.2, -0.15) is 13.2 Å². The SMILES string of the molecule is OCC1COCCN1c1cccc(C(F)(F)F)c1. The molecular formula is C12H14F3NO2. The highest BCUT2D eigenvalue weighted by molar-refractivity contribution is 5.50. The predicted octanol–water partition coefficient (Wildman–Crippen LogP) is 1.90. The van der Waals surface area contributed by atoms with Gasteiger partial charge in [-0.3, -0.25) is 0 Å². The van der Waals surface area contributed by atoms with Crippen LogP contribution in [-0.4, -0.2) is 37.5 Å². The monoisotopic (exact) mass is 261 g/mol. The fraction of sp³-hybridized carbons (Fsp3) is 0.500. The summed E-state index contributed by atoms with van der Waals surface area (Å²) >= 11 is 0. The Labute approximate surface area is 103 Å². The number of alkyl halides is 3. The van der Waals surface area contributed by atoms with Crippen LogP contribution in [0.25, 0.3) is 0 Å². The van der Waals surface area contributed by atoms with Crippen molar-refractivity contribution in [1.82, 2.24) is 0 Å². The molecule has 0 bridgehead atoms. The molecule has 1 aromatic rings. The normalized spacial score (nSPS) is 21.1. The molecule has 1 atom stereocenters. The zero-order chi connectivity index (χ0) is 13.2. The predicted molar refractivity (Wildman–Crippen MR) is 60.5 cm³/mol. The Morgan fingerprint density at radius 2 is 2.17 bits per heavy atom. The number of benzene rings is 1. The highest BCUT2D eigenvalue weighted by Gasteiger charge is 2.31. The van der Waals surface area contributed by atoms with Crippen molar-refractivity contribution in [3.63, 3.8) is 0 Å². The molecule has 0 saturated carbocycles. The lowest BCUT2D eigenvalue weighted by Gasteiger charge is -2.36. The lowest BCUT2D eigenvalue weighted by molar-refractivity contribution is -0.137. The third-order valence-corrected chi connectivity index (χ3v) is 2.94. The highest BCUT2D eigenvalue weighted by atomic mass is 19.4. The first-order valence-corrected chi connectivity index (χ1v) is 5.65. The van der Waals surface area contributed by atoms with Crippen LogP contribution in [0.4, 0.5) is 18.9 Å². The first-order chi connectivity index (χ1) is 8.52. The Hall–Kier alpha value is -1.27.